The number of carbonyl (C=O) groups excluding carboxylic acids is 1. The number of aromatic nitrogens is 1. The molecule has 2 aliphatic heterocycles. The number of halogens is 2. The second-order valence-corrected chi connectivity index (χ2v) is 6.42. The van der Waals surface area contributed by atoms with Crippen molar-refractivity contribution >= 4 is 47.9 Å². The Morgan fingerprint density at radius 3 is 2.62 bits per heavy atom. The average molecular weight is 395 g/mol. The largest absolute Gasteiger partial charge is 0.385 e. The molecule has 1 amide bonds. The van der Waals surface area contributed by atoms with E-state index in [1.807, 2.05) is 30.3 Å². The van der Waals surface area contributed by atoms with Crippen LogP contribution in [0.2, 0.25) is 0 Å². The molecule has 5 nitrogen and oxygen atoms in total. The van der Waals surface area contributed by atoms with E-state index >= 15 is 0 Å². The molecule has 140 valence electrons. The molecule has 7 heteroatoms. The van der Waals surface area contributed by atoms with E-state index in [1.54, 1.807) is 6.20 Å². The minimum Gasteiger partial charge on any atom is -0.385 e. The van der Waals surface area contributed by atoms with Gasteiger partial charge < -0.3 is 15.5 Å². The summed E-state index contributed by atoms with van der Waals surface area (Å²) in [7, 11) is 0. The van der Waals surface area contributed by atoms with Crippen LogP contribution in [0.15, 0.2) is 36.5 Å². The summed E-state index contributed by atoms with van der Waals surface area (Å²) in [5.74, 6) is 0.929. The van der Waals surface area contributed by atoms with Gasteiger partial charge in [-0.15, -0.1) is 24.8 Å². The fourth-order valence-electron chi connectivity index (χ4n) is 3.51. The lowest BCUT2D eigenvalue weighted by Gasteiger charge is -2.20. The van der Waals surface area contributed by atoms with Gasteiger partial charge in [0.15, 0.2) is 0 Å². The summed E-state index contributed by atoms with van der Waals surface area (Å²) in [5.41, 5.74) is 3.69. The summed E-state index contributed by atoms with van der Waals surface area (Å²) < 4.78 is 0. The molecular formula is C19H24Cl2N4O. The molecule has 0 spiro atoms. The van der Waals surface area contributed by atoms with E-state index in [-0.39, 0.29) is 30.7 Å². The SMILES string of the molecule is Cl.Cl.O=C(Nc1ccc(N2CCCC2)nc1)c1cccc2c1CCCN2. The Kier molecular flexibility index (Phi) is 7.12. The maximum atomic E-state index is 12.7. The second-order valence-electron chi connectivity index (χ2n) is 6.42. The molecule has 26 heavy (non-hydrogen) atoms. The van der Waals surface area contributed by atoms with Gasteiger partial charge in [-0.05, 0) is 55.5 Å². The number of nitrogens with one attached hydrogen (secondary N) is 2. The van der Waals surface area contributed by atoms with Gasteiger partial charge in [0.2, 0.25) is 0 Å². The first kappa shape index (κ1) is 20.3. The summed E-state index contributed by atoms with van der Waals surface area (Å²) in [6, 6.07) is 9.79. The monoisotopic (exact) mass is 394 g/mol. The maximum absolute atomic E-state index is 12.7. The Hall–Kier alpha value is -1.98. The summed E-state index contributed by atoms with van der Waals surface area (Å²) >= 11 is 0. The van der Waals surface area contributed by atoms with E-state index in [1.165, 1.54) is 12.8 Å². The lowest BCUT2D eigenvalue weighted by atomic mass is 9.97. The number of benzene rings is 1. The molecule has 2 aromatic rings. The Balaban J connectivity index is 0.00000121. The number of amides is 1. The number of pyridine rings is 1. The predicted molar refractivity (Wildman–Crippen MR) is 111 cm³/mol. The highest BCUT2D eigenvalue weighted by atomic mass is 35.5. The van der Waals surface area contributed by atoms with Crippen molar-refractivity contribution in [2.45, 2.75) is 25.7 Å². The minimum atomic E-state index is -0.0636. The molecule has 0 unspecified atom stereocenters. The third-order valence-corrected chi connectivity index (χ3v) is 4.78. The van der Waals surface area contributed by atoms with Crippen LogP contribution in [0, 0.1) is 0 Å². The van der Waals surface area contributed by atoms with Crippen molar-refractivity contribution in [1.29, 1.82) is 0 Å². The molecule has 2 N–H and O–H groups in total. The number of carbonyl (C=O) groups is 1. The fraction of sp³-hybridized carbons (Fsp3) is 0.368. The standard InChI is InChI=1S/C19H22N4O.2ClH/c24-19(16-5-3-7-17-15(16)6-4-10-20-17)22-14-8-9-18(21-13-14)23-11-1-2-12-23;;/h3,5,7-9,13,20H,1-2,4,6,10-12H2,(H,22,24);2*1H. The molecule has 0 saturated carbocycles. The van der Waals surface area contributed by atoms with Crippen LogP contribution >= 0.6 is 24.8 Å². The third kappa shape index (κ3) is 4.22. The number of hydrogen-bond donors (Lipinski definition) is 2. The van der Waals surface area contributed by atoms with E-state index < -0.39 is 0 Å². The van der Waals surface area contributed by atoms with Crippen LogP contribution in [-0.4, -0.2) is 30.5 Å². The topological polar surface area (TPSA) is 57.3 Å². The summed E-state index contributed by atoms with van der Waals surface area (Å²) in [6.45, 7) is 3.11. The number of nitrogens with zero attached hydrogens (tertiary/aromatic N) is 2. The van der Waals surface area contributed by atoms with Crippen molar-refractivity contribution in [1.82, 2.24) is 4.98 Å². The number of anilines is 3. The highest BCUT2D eigenvalue weighted by Crippen LogP contribution is 2.26. The van der Waals surface area contributed by atoms with E-state index in [4.69, 9.17) is 0 Å². The van der Waals surface area contributed by atoms with Gasteiger partial charge in [-0.2, -0.15) is 0 Å². The van der Waals surface area contributed by atoms with Crippen LogP contribution in [-0.2, 0) is 6.42 Å². The van der Waals surface area contributed by atoms with E-state index in [9.17, 15) is 4.79 Å². The van der Waals surface area contributed by atoms with Gasteiger partial charge in [0.25, 0.3) is 5.91 Å². The number of rotatable bonds is 3. The molecule has 1 aromatic heterocycles. The van der Waals surface area contributed by atoms with Gasteiger partial charge in [-0.3, -0.25) is 4.79 Å². The summed E-state index contributed by atoms with van der Waals surface area (Å²) in [6.07, 6.45) is 6.21. The van der Waals surface area contributed by atoms with Crippen LogP contribution < -0.4 is 15.5 Å². The van der Waals surface area contributed by atoms with Crippen molar-refractivity contribution in [3.8, 4) is 0 Å². The fourth-order valence-corrected chi connectivity index (χ4v) is 3.51. The van der Waals surface area contributed by atoms with Crippen LogP contribution in [0.5, 0.6) is 0 Å². The predicted octanol–water partition coefficient (Wildman–Crippen LogP) is 4.14. The van der Waals surface area contributed by atoms with E-state index in [2.05, 4.69) is 20.5 Å². The molecule has 0 bridgehead atoms. The highest BCUT2D eigenvalue weighted by molar-refractivity contribution is 6.06. The van der Waals surface area contributed by atoms with E-state index in [0.717, 1.165) is 60.8 Å². The first-order valence-corrected chi connectivity index (χ1v) is 8.69. The zero-order valence-corrected chi connectivity index (χ0v) is 16.2. The van der Waals surface area contributed by atoms with Crippen molar-refractivity contribution in [2.24, 2.45) is 0 Å². The van der Waals surface area contributed by atoms with Gasteiger partial charge in [0, 0.05) is 30.9 Å². The highest BCUT2D eigenvalue weighted by Gasteiger charge is 2.18. The van der Waals surface area contributed by atoms with Crippen molar-refractivity contribution < 1.29 is 4.79 Å². The van der Waals surface area contributed by atoms with Gasteiger partial charge in [-0.1, -0.05) is 6.07 Å². The van der Waals surface area contributed by atoms with Crippen molar-refractivity contribution in [3.63, 3.8) is 0 Å². The maximum Gasteiger partial charge on any atom is 0.256 e. The van der Waals surface area contributed by atoms with Crippen molar-refractivity contribution in [2.75, 3.05) is 35.2 Å². The van der Waals surface area contributed by atoms with Gasteiger partial charge in [-0.25, -0.2) is 4.98 Å². The van der Waals surface area contributed by atoms with Gasteiger partial charge in [0.1, 0.15) is 5.82 Å². The molecule has 1 aromatic carbocycles. The molecule has 0 aliphatic carbocycles. The zero-order valence-electron chi connectivity index (χ0n) is 14.5. The molecule has 3 heterocycles. The first-order valence-electron chi connectivity index (χ1n) is 8.69. The van der Waals surface area contributed by atoms with E-state index in [0.29, 0.717) is 0 Å². The zero-order chi connectivity index (χ0) is 16.4. The minimum absolute atomic E-state index is 0. The Bertz CT molecular complexity index is 746. The third-order valence-electron chi connectivity index (χ3n) is 4.78. The Morgan fingerprint density at radius 1 is 1.08 bits per heavy atom. The van der Waals surface area contributed by atoms with Gasteiger partial charge >= 0.3 is 0 Å². The van der Waals surface area contributed by atoms with Crippen LogP contribution in [0.1, 0.15) is 35.2 Å². The Morgan fingerprint density at radius 2 is 1.88 bits per heavy atom. The molecule has 1 fully saturated rings. The van der Waals surface area contributed by atoms with Crippen LogP contribution in [0.4, 0.5) is 17.2 Å². The molecule has 0 atom stereocenters. The lowest BCUT2D eigenvalue weighted by molar-refractivity contribution is 0.102. The summed E-state index contributed by atoms with van der Waals surface area (Å²) in [4.78, 5) is 19.4. The second kappa shape index (κ2) is 9.10. The lowest BCUT2D eigenvalue weighted by Crippen LogP contribution is -2.20. The Labute approximate surface area is 166 Å². The number of hydrogen-bond acceptors (Lipinski definition) is 4. The molecule has 1 saturated heterocycles. The van der Waals surface area contributed by atoms with Crippen LogP contribution in [0.25, 0.3) is 0 Å². The number of fused-ring (bicyclic) bond motifs is 1. The van der Waals surface area contributed by atoms with Crippen LogP contribution in [0.3, 0.4) is 0 Å². The smallest absolute Gasteiger partial charge is 0.256 e. The van der Waals surface area contributed by atoms with Crippen molar-refractivity contribution in [3.05, 3.63) is 47.7 Å². The molecule has 2 aliphatic rings. The normalized spacial score (nSPS) is 15.2. The molecule has 4 rings (SSSR count). The quantitative estimate of drug-likeness (QED) is 0.821. The van der Waals surface area contributed by atoms with Gasteiger partial charge in [0.05, 0.1) is 11.9 Å². The summed E-state index contributed by atoms with van der Waals surface area (Å²) in [5, 5.41) is 6.34. The molecular weight excluding hydrogens is 371 g/mol. The first-order chi connectivity index (χ1) is 11.8. The molecule has 0 radical (unpaired) electrons. The average Bonchev–Trinajstić information content (AvgIpc) is 3.16.